The fourth-order valence-electron chi connectivity index (χ4n) is 4.25. The largest absolute Gasteiger partial charge is 0.466 e. The highest BCUT2D eigenvalue weighted by Gasteiger charge is 2.42. The Balaban J connectivity index is 2.45. The van der Waals surface area contributed by atoms with Crippen LogP contribution in [-0.4, -0.2) is 37.4 Å². The number of rotatable bonds is 6. The average molecular weight is 447 g/mol. The number of hydrogen-bond acceptors (Lipinski definition) is 7. The molecule has 0 aromatic carbocycles. The van der Waals surface area contributed by atoms with Crippen LogP contribution >= 0.6 is 0 Å². The van der Waals surface area contributed by atoms with Gasteiger partial charge < -0.3 is 18.9 Å². The van der Waals surface area contributed by atoms with Crippen molar-refractivity contribution in [2.75, 3.05) is 7.11 Å². The van der Waals surface area contributed by atoms with Crippen LogP contribution in [0.15, 0.2) is 47.3 Å². The number of allylic oxidation sites excluding steroid dienone is 2. The lowest BCUT2D eigenvalue weighted by atomic mass is 9.74. The molecule has 2 rings (SSSR count). The lowest BCUT2D eigenvalue weighted by molar-refractivity contribution is -0.181. The van der Waals surface area contributed by atoms with Crippen molar-refractivity contribution in [3.63, 3.8) is 0 Å². The van der Waals surface area contributed by atoms with Gasteiger partial charge >= 0.3 is 17.9 Å². The van der Waals surface area contributed by atoms with Crippen LogP contribution in [0.5, 0.6) is 0 Å². The Hall–Kier alpha value is -2.83. The van der Waals surface area contributed by atoms with Crippen molar-refractivity contribution < 1.29 is 33.3 Å². The van der Waals surface area contributed by atoms with E-state index in [1.165, 1.54) is 26.5 Å². The molecule has 4 atom stereocenters. The highest BCUT2D eigenvalue weighted by molar-refractivity contribution is 5.87. The normalized spacial score (nSPS) is 26.5. The topological polar surface area (TPSA) is 88.1 Å². The van der Waals surface area contributed by atoms with Crippen molar-refractivity contribution in [1.29, 1.82) is 0 Å². The maximum absolute atomic E-state index is 11.9. The molecule has 7 nitrogen and oxygen atoms in total. The Morgan fingerprint density at radius 1 is 1.22 bits per heavy atom. The number of carbonyl (C=O) groups is 3. The number of fused-ring (bicyclic) bond motifs is 1. The van der Waals surface area contributed by atoms with E-state index >= 15 is 0 Å². The summed E-state index contributed by atoms with van der Waals surface area (Å²) in [6, 6.07) is 0. The zero-order valence-corrected chi connectivity index (χ0v) is 19.6. The molecule has 0 bridgehead atoms. The molecule has 0 fully saturated rings. The smallest absolute Gasteiger partial charge is 0.333 e. The van der Waals surface area contributed by atoms with Gasteiger partial charge in [0, 0.05) is 37.3 Å². The van der Waals surface area contributed by atoms with Crippen molar-refractivity contribution in [3.8, 4) is 0 Å². The van der Waals surface area contributed by atoms with Gasteiger partial charge in [-0.25, -0.2) is 4.79 Å². The van der Waals surface area contributed by atoms with Crippen LogP contribution in [-0.2, 0) is 33.3 Å². The van der Waals surface area contributed by atoms with Crippen LogP contribution in [0.3, 0.4) is 0 Å². The van der Waals surface area contributed by atoms with Gasteiger partial charge in [-0.1, -0.05) is 29.9 Å². The first kappa shape index (κ1) is 25.4. The molecule has 0 amide bonds. The van der Waals surface area contributed by atoms with E-state index in [1.54, 1.807) is 19.3 Å². The molecule has 1 heterocycles. The minimum absolute atomic E-state index is 0.0989. The maximum atomic E-state index is 11.9. The molecule has 0 aromatic heterocycles. The second-order valence-corrected chi connectivity index (χ2v) is 8.36. The summed E-state index contributed by atoms with van der Waals surface area (Å²) in [7, 11) is 1.32. The van der Waals surface area contributed by atoms with E-state index in [4.69, 9.17) is 18.9 Å². The van der Waals surface area contributed by atoms with Crippen LogP contribution < -0.4 is 0 Å². The molecule has 0 aromatic rings. The highest BCUT2D eigenvalue weighted by atomic mass is 16.7. The second-order valence-electron chi connectivity index (χ2n) is 8.36. The van der Waals surface area contributed by atoms with Gasteiger partial charge in [0.1, 0.15) is 6.10 Å². The first-order chi connectivity index (χ1) is 15.1. The maximum Gasteiger partial charge on any atom is 0.333 e. The number of hydrogen-bond donors (Lipinski definition) is 0. The second kappa shape index (κ2) is 11.7. The van der Waals surface area contributed by atoms with Crippen LogP contribution in [0.2, 0.25) is 0 Å². The number of methoxy groups -OCH3 is 1. The Morgan fingerprint density at radius 2 is 1.94 bits per heavy atom. The van der Waals surface area contributed by atoms with Gasteiger partial charge in [0.05, 0.1) is 19.3 Å². The van der Waals surface area contributed by atoms with E-state index in [2.05, 4.69) is 19.6 Å². The van der Waals surface area contributed by atoms with E-state index in [9.17, 15) is 14.4 Å². The molecule has 2 aliphatic rings. The number of esters is 3. The van der Waals surface area contributed by atoms with E-state index in [-0.39, 0.29) is 11.8 Å². The first-order valence-electron chi connectivity index (χ1n) is 10.9. The Morgan fingerprint density at radius 3 is 2.56 bits per heavy atom. The predicted octanol–water partition coefficient (Wildman–Crippen LogP) is 4.54. The Kier molecular flexibility index (Phi) is 9.29. The molecule has 0 saturated carbocycles. The minimum atomic E-state index is -0.780. The standard InChI is InChI=1S/C25H34O7/c1-15-8-7-9-16(2)23-20(12-10-15)21(14-30-25(23)32-19(5)27)22(31-18(4)26)13-11-17(3)24(28)29-6/h8,11,14,20,22-23,25H,2,7,9-10,12-13H2,1,3-6H3/b15-8+,17-11+/t20-,22?,23+,25-/m1/s1. The van der Waals surface area contributed by atoms with Gasteiger partial charge in [0.2, 0.25) is 6.29 Å². The van der Waals surface area contributed by atoms with Crippen molar-refractivity contribution >= 4 is 17.9 Å². The molecule has 0 spiro atoms. The van der Waals surface area contributed by atoms with Crippen molar-refractivity contribution in [2.24, 2.45) is 11.8 Å². The highest BCUT2D eigenvalue weighted by Crippen LogP contribution is 2.43. The fraction of sp³-hybridized carbons (Fsp3) is 0.560. The molecular weight excluding hydrogens is 412 g/mol. The van der Waals surface area contributed by atoms with E-state index in [0.717, 1.165) is 36.8 Å². The van der Waals surface area contributed by atoms with Gasteiger partial charge in [-0.2, -0.15) is 0 Å². The van der Waals surface area contributed by atoms with Gasteiger partial charge in [-0.3, -0.25) is 9.59 Å². The lowest BCUT2D eigenvalue weighted by Crippen LogP contribution is -2.41. The van der Waals surface area contributed by atoms with Crippen LogP contribution in [0.25, 0.3) is 0 Å². The first-order valence-corrected chi connectivity index (χ1v) is 10.9. The summed E-state index contributed by atoms with van der Waals surface area (Å²) < 4.78 is 21.7. The fourth-order valence-corrected chi connectivity index (χ4v) is 4.25. The lowest BCUT2D eigenvalue weighted by Gasteiger charge is -2.40. The summed E-state index contributed by atoms with van der Waals surface area (Å²) >= 11 is 0. The van der Waals surface area contributed by atoms with Gasteiger partial charge in [0.25, 0.3) is 0 Å². The Labute approximate surface area is 190 Å². The summed E-state index contributed by atoms with van der Waals surface area (Å²) in [5.74, 6) is -1.66. The van der Waals surface area contributed by atoms with Crippen molar-refractivity contribution in [1.82, 2.24) is 0 Å². The number of ether oxygens (including phenoxy) is 4. The number of carbonyl (C=O) groups excluding carboxylic acids is 3. The summed E-state index contributed by atoms with van der Waals surface area (Å²) in [5, 5.41) is 0. The van der Waals surface area contributed by atoms with Gasteiger partial charge in [0.15, 0.2) is 0 Å². The molecule has 1 unspecified atom stereocenters. The van der Waals surface area contributed by atoms with E-state index in [0.29, 0.717) is 12.0 Å². The quantitative estimate of drug-likeness (QED) is 0.256. The summed E-state index contributed by atoms with van der Waals surface area (Å²) in [4.78, 5) is 35.4. The summed E-state index contributed by atoms with van der Waals surface area (Å²) in [6.45, 7) is 10.7. The van der Waals surface area contributed by atoms with E-state index < -0.39 is 30.3 Å². The van der Waals surface area contributed by atoms with Crippen LogP contribution in [0, 0.1) is 11.8 Å². The molecule has 0 radical (unpaired) electrons. The van der Waals surface area contributed by atoms with E-state index in [1.807, 2.05) is 0 Å². The van der Waals surface area contributed by atoms with Crippen molar-refractivity contribution in [3.05, 3.63) is 47.3 Å². The summed E-state index contributed by atoms with van der Waals surface area (Å²) in [5.41, 5.74) is 3.42. The van der Waals surface area contributed by atoms with Crippen LogP contribution in [0.1, 0.15) is 59.8 Å². The SMILES string of the molecule is C=C1CC/C=C(\C)CC[C@@H]2C(C(C/C=C(\C)C(=O)OC)OC(C)=O)=CO[C@H](OC(C)=O)[C@@H]12. The molecule has 7 heteroatoms. The van der Waals surface area contributed by atoms with Crippen LogP contribution in [0.4, 0.5) is 0 Å². The average Bonchev–Trinajstić information content (AvgIpc) is 2.79. The molecular formula is C25H34O7. The zero-order valence-electron chi connectivity index (χ0n) is 19.6. The third-order valence-electron chi connectivity index (χ3n) is 5.88. The minimum Gasteiger partial charge on any atom is -0.466 e. The molecule has 32 heavy (non-hydrogen) atoms. The molecule has 0 N–H and O–H groups in total. The third-order valence-corrected chi connectivity index (χ3v) is 5.88. The molecule has 1 aliphatic carbocycles. The third kappa shape index (κ3) is 6.84. The zero-order chi connectivity index (χ0) is 23.8. The molecule has 176 valence electrons. The molecule has 0 saturated heterocycles. The van der Waals surface area contributed by atoms with Gasteiger partial charge in [-0.15, -0.1) is 0 Å². The van der Waals surface area contributed by atoms with Crippen molar-refractivity contribution in [2.45, 2.75) is 72.2 Å². The predicted molar refractivity (Wildman–Crippen MR) is 119 cm³/mol. The molecule has 1 aliphatic heterocycles. The summed E-state index contributed by atoms with van der Waals surface area (Å²) in [6.07, 6.45) is 7.54. The monoisotopic (exact) mass is 446 g/mol. The van der Waals surface area contributed by atoms with Gasteiger partial charge in [-0.05, 0) is 39.5 Å². The Bertz CT molecular complexity index is 833.